The molecule has 0 radical (unpaired) electrons. The van der Waals surface area contributed by atoms with Gasteiger partial charge in [0.2, 0.25) is 5.78 Å². The number of carbonyl (C=O) groups excluding carboxylic acids is 4. The van der Waals surface area contributed by atoms with E-state index in [0.717, 1.165) is 5.56 Å². The maximum Gasteiger partial charge on any atom is 0.253 e. The lowest BCUT2D eigenvalue weighted by Crippen LogP contribution is -2.37. The molecule has 0 saturated heterocycles. The van der Waals surface area contributed by atoms with Gasteiger partial charge in [0.05, 0.1) is 6.04 Å². The second-order valence-corrected chi connectivity index (χ2v) is 6.06. The number of hydrogen-bond acceptors (Lipinski definition) is 5. The molecule has 1 aromatic rings. The fourth-order valence-electron chi connectivity index (χ4n) is 2.67. The largest absolute Gasteiger partial charge is 0.321 e. The first-order chi connectivity index (χ1) is 12.0. The minimum Gasteiger partial charge on any atom is -0.321 e. The van der Waals surface area contributed by atoms with Crippen LogP contribution in [0.25, 0.3) is 0 Å². The van der Waals surface area contributed by atoms with Crippen molar-refractivity contribution in [2.45, 2.75) is 38.1 Å². The maximum atomic E-state index is 12.0. The highest BCUT2D eigenvalue weighted by Gasteiger charge is 2.23. The summed E-state index contributed by atoms with van der Waals surface area (Å²) in [7, 11) is 0. The van der Waals surface area contributed by atoms with E-state index in [-0.39, 0.29) is 18.2 Å². The summed E-state index contributed by atoms with van der Waals surface area (Å²) in [4.78, 5) is 47.9. The zero-order valence-corrected chi connectivity index (χ0v) is 14.0. The van der Waals surface area contributed by atoms with Crippen molar-refractivity contribution in [3.05, 3.63) is 48.0 Å². The van der Waals surface area contributed by atoms with E-state index in [1.54, 1.807) is 0 Å². The predicted octanol–water partition coefficient (Wildman–Crippen LogP) is 1.18. The van der Waals surface area contributed by atoms with Crippen LogP contribution >= 0.6 is 0 Å². The number of Topliss-reactive ketones (excluding diaryl/α,β-unsaturated/α-hetero) is 2. The van der Waals surface area contributed by atoms with E-state index in [1.165, 1.54) is 17.1 Å². The van der Waals surface area contributed by atoms with Crippen molar-refractivity contribution in [1.29, 1.82) is 0 Å². The Labute approximate surface area is 146 Å². The topological polar surface area (TPSA) is 97.5 Å². The summed E-state index contributed by atoms with van der Waals surface area (Å²) in [6.45, 7) is 0.334. The van der Waals surface area contributed by atoms with Crippen molar-refractivity contribution >= 4 is 23.4 Å². The number of nitrogens with two attached hydrogens (primary N) is 1. The second-order valence-electron chi connectivity index (χ2n) is 6.06. The molecule has 2 rings (SSSR count). The lowest BCUT2D eigenvalue weighted by Gasteiger charge is -2.13. The standard InChI is InChI=1S/C19H22N2O4/c20-15(13-14-7-3-1-4-8-14)19(25)16(22)9-5-2-6-12-21-17(23)10-11-18(21)24/h1,3-4,7-8,10-11,15H,2,5-6,9,12-13,20H2/t15-/m0/s1. The Hall–Kier alpha value is -2.60. The highest BCUT2D eigenvalue weighted by atomic mass is 16.2. The fourth-order valence-corrected chi connectivity index (χ4v) is 2.67. The molecule has 6 heteroatoms. The number of carbonyl (C=O) groups is 4. The van der Waals surface area contributed by atoms with Gasteiger partial charge in [-0.2, -0.15) is 0 Å². The molecule has 1 aromatic carbocycles. The van der Waals surface area contributed by atoms with Gasteiger partial charge in [-0.05, 0) is 24.8 Å². The Morgan fingerprint density at radius 1 is 0.960 bits per heavy atom. The zero-order valence-electron chi connectivity index (χ0n) is 14.0. The Kier molecular flexibility index (Phi) is 6.77. The third-order valence-electron chi connectivity index (χ3n) is 4.10. The van der Waals surface area contributed by atoms with E-state index >= 15 is 0 Å². The van der Waals surface area contributed by atoms with Gasteiger partial charge < -0.3 is 5.73 Å². The molecule has 2 N–H and O–H groups in total. The van der Waals surface area contributed by atoms with Gasteiger partial charge in [-0.3, -0.25) is 24.1 Å². The summed E-state index contributed by atoms with van der Waals surface area (Å²) in [6.07, 6.45) is 4.78. The monoisotopic (exact) mass is 342 g/mol. The Morgan fingerprint density at radius 2 is 1.60 bits per heavy atom. The molecule has 25 heavy (non-hydrogen) atoms. The van der Waals surface area contributed by atoms with Crippen molar-refractivity contribution in [2.75, 3.05) is 6.54 Å². The molecule has 0 aromatic heterocycles. The molecule has 1 aliphatic rings. The summed E-state index contributed by atoms with van der Waals surface area (Å²) in [5.41, 5.74) is 6.76. The summed E-state index contributed by atoms with van der Waals surface area (Å²) in [6, 6.07) is 8.52. The second kappa shape index (κ2) is 9.03. The molecule has 0 spiro atoms. The lowest BCUT2D eigenvalue weighted by molar-refractivity contribution is -0.137. The highest BCUT2D eigenvalue weighted by Crippen LogP contribution is 2.09. The molecule has 1 atom stereocenters. The number of nitrogens with zero attached hydrogens (tertiary/aromatic N) is 1. The predicted molar refractivity (Wildman–Crippen MR) is 92.5 cm³/mol. The summed E-state index contributed by atoms with van der Waals surface area (Å²) < 4.78 is 0. The average Bonchev–Trinajstić information content (AvgIpc) is 2.93. The van der Waals surface area contributed by atoms with E-state index in [9.17, 15) is 19.2 Å². The highest BCUT2D eigenvalue weighted by molar-refractivity contribution is 6.39. The SMILES string of the molecule is N[C@@H](Cc1ccccc1)C(=O)C(=O)CCCCCN1C(=O)C=CC1=O. The Morgan fingerprint density at radius 3 is 2.24 bits per heavy atom. The molecule has 0 aliphatic carbocycles. The number of imide groups is 1. The normalized spacial score (nSPS) is 14.8. The van der Waals surface area contributed by atoms with Gasteiger partial charge in [0.25, 0.3) is 11.8 Å². The summed E-state index contributed by atoms with van der Waals surface area (Å²) >= 11 is 0. The lowest BCUT2D eigenvalue weighted by atomic mass is 9.98. The summed E-state index contributed by atoms with van der Waals surface area (Å²) in [5, 5.41) is 0. The molecule has 132 valence electrons. The van der Waals surface area contributed by atoms with Crippen molar-refractivity contribution in [3.63, 3.8) is 0 Å². The van der Waals surface area contributed by atoms with Crippen LogP contribution in [0.5, 0.6) is 0 Å². The molecule has 6 nitrogen and oxygen atoms in total. The number of benzene rings is 1. The number of ketones is 2. The van der Waals surface area contributed by atoms with E-state index in [4.69, 9.17) is 5.73 Å². The van der Waals surface area contributed by atoms with Crippen LogP contribution in [-0.4, -0.2) is 40.9 Å². The quantitative estimate of drug-likeness (QED) is 0.391. The van der Waals surface area contributed by atoms with E-state index in [2.05, 4.69) is 0 Å². The molecule has 0 saturated carbocycles. The first kappa shape index (κ1) is 18.7. The van der Waals surface area contributed by atoms with Crippen molar-refractivity contribution < 1.29 is 19.2 Å². The van der Waals surface area contributed by atoms with Gasteiger partial charge in [-0.1, -0.05) is 36.8 Å². The van der Waals surface area contributed by atoms with E-state index in [0.29, 0.717) is 32.2 Å². The van der Waals surface area contributed by atoms with E-state index < -0.39 is 17.6 Å². The minimum absolute atomic E-state index is 0.140. The van der Waals surface area contributed by atoms with Crippen LogP contribution in [0.3, 0.4) is 0 Å². The minimum atomic E-state index is -0.819. The smallest absolute Gasteiger partial charge is 0.253 e. The van der Waals surface area contributed by atoms with Gasteiger partial charge >= 0.3 is 0 Å². The van der Waals surface area contributed by atoms with Gasteiger partial charge in [0.1, 0.15) is 0 Å². The molecular weight excluding hydrogens is 320 g/mol. The maximum absolute atomic E-state index is 12.0. The van der Waals surface area contributed by atoms with Crippen LogP contribution in [0.15, 0.2) is 42.5 Å². The van der Waals surface area contributed by atoms with E-state index in [1.807, 2.05) is 30.3 Å². The molecule has 1 aliphatic heterocycles. The third-order valence-corrected chi connectivity index (χ3v) is 4.10. The number of amides is 2. The van der Waals surface area contributed by atoms with Crippen LogP contribution in [0.4, 0.5) is 0 Å². The molecule has 2 amide bonds. The third kappa shape index (κ3) is 5.46. The molecule has 0 bridgehead atoms. The molecule has 0 fully saturated rings. The van der Waals surface area contributed by atoms with Gasteiger partial charge in [-0.15, -0.1) is 0 Å². The number of rotatable bonds is 10. The van der Waals surface area contributed by atoms with Gasteiger partial charge in [0, 0.05) is 25.1 Å². The first-order valence-electron chi connectivity index (χ1n) is 8.39. The Balaban J connectivity index is 1.65. The van der Waals surface area contributed by atoms with Crippen molar-refractivity contribution in [3.8, 4) is 0 Å². The van der Waals surface area contributed by atoms with Crippen LogP contribution in [0.2, 0.25) is 0 Å². The van der Waals surface area contributed by atoms with Crippen LogP contribution in [0, 0.1) is 0 Å². The van der Waals surface area contributed by atoms with Crippen molar-refractivity contribution in [2.24, 2.45) is 5.73 Å². The molecule has 1 heterocycles. The average molecular weight is 342 g/mol. The van der Waals surface area contributed by atoms with Crippen LogP contribution < -0.4 is 5.73 Å². The number of hydrogen-bond donors (Lipinski definition) is 1. The summed E-state index contributed by atoms with van der Waals surface area (Å²) in [5.74, 6) is -1.61. The molecule has 0 unspecified atom stereocenters. The van der Waals surface area contributed by atoms with Gasteiger partial charge in [-0.25, -0.2) is 0 Å². The van der Waals surface area contributed by atoms with Crippen LogP contribution in [-0.2, 0) is 25.6 Å². The molecular formula is C19H22N2O4. The van der Waals surface area contributed by atoms with Crippen LogP contribution in [0.1, 0.15) is 31.2 Å². The fraction of sp³-hybridized carbons (Fsp3) is 0.368. The van der Waals surface area contributed by atoms with Crippen molar-refractivity contribution in [1.82, 2.24) is 4.90 Å². The zero-order chi connectivity index (χ0) is 18.2. The number of unbranched alkanes of at least 4 members (excludes halogenated alkanes) is 2. The Bertz CT molecular complexity index is 664. The first-order valence-corrected chi connectivity index (χ1v) is 8.39. The van der Waals surface area contributed by atoms with Gasteiger partial charge in [0.15, 0.2) is 5.78 Å².